The molecule has 1 aliphatic rings. The summed E-state index contributed by atoms with van der Waals surface area (Å²) in [4.78, 5) is 6.54. The van der Waals surface area contributed by atoms with Crippen molar-refractivity contribution < 1.29 is 14.6 Å². The molecule has 0 bridgehead atoms. The fraction of sp³-hybridized carbons (Fsp3) is 0.471. The molecule has 1 unspecified atom stereocenters. The molecule has 2 aromatic rings. The Morgan fingerprint density at radius 3 is 2.87 bits per heavy atom. The lowest BCUT2D eigenvalue weighted by molar-refractivity contribution is 0.00541. The molecule has 1 aromatic carbocycles. The van der Waals surface area contributed by atoms with Crippen molar-refractivity contribution >= 4 is 0 Å². The van der Waals surface area contributed by atoms with Crippen molar-refractivity contribution in [2.75, 3.05) is 26.8 Å². The van der Waals surface area contributed by atoms with Crippen LogP contribution < -0.4 is 4.74 Å². The van der Waals surface area contributed by atoms with E-state index in [0.717, 1.165) is 36.8 Å². The van der Waals surface area contributed by atoms with E-state index in [4.69, 9.17) is 9.47 Å². The van der Waals surface area contributed by atoms with E-state index in [2.05, 4.69) is 14.5 Å². The van der Waals surface area contributed by atoms with Crippen LogP contribution in [-0.2, 0) is 24.4 Å². The van der Waals surface area contributed by atoms with E-state index in [9.17, 15) is 5.11 Å². The zero-order valence-electron chi connectivity index (χ0n) is 13.4. The van der Waals surface area contributed by atoms with Gasteiger partial charge >= 0.3 is 0 Å². The number of imidazole rings is 1. The van der Waals surface area contributed by atoms with Crippen LogP contribution >= 0.6 is 0 Å². The van der Waals surface area contributed by atoms with Gasteiger partial charge < -0.3 is 19.1 Å². The number of methoxy groups -OCH3 is 1. The molecule has 0 radical (unpaired) electrons. The van der Waals surface area contributed by atoms with Crippen molar-refractivity contribution in [1.29, 1.82) is 0 Å². The van der Waals surface area contributed by atoms with Gasteiger partial charge in [0, 0.05) is 32.0 Å². The monoisotopic (exact) mass is 317 g/mol. The third-order valence-electron chi connectivity index (χ3n) is 4.03. The highest BCUT2D eigenvalue weighted by Gasteiger charge is 2.19. The molecule has 0 saturated heterocycles. The molecule has 3 rings (SSSR count). The first kappa shape index (κ1) is 16.0. The number of aliphatic hydroxyl groups excluding tert-OH is 1. The molecule has 1 aliphatic heterocycles. The van der Waals surface area contributed by atoms with Gasteiger partial charge in [0.05, 0.1) is 33.0 Å². The smallest absolute Gasteiger partial charge is 0.122 e. The average Bonchev–Trinajstić information content (AvgIpc) is 3.03. The van der Waals surface area contributed by atoms with Gasteiger partial charge in [0.1, 0.15) is 11.6 Å². The topological polar surface area (TPSA) is 59.8 Å². The van der Waals surface area contributed by atoms with E-state index in [1.165, 1.54) is 0 Å². The standard InChI is InChI=1S/C17H23N3O3/c1-22-16-4-2-14(3-5-16)12-23-13-15(21)10-19-8-9-20-7-6-18-17(20)11-19/h2-7,15,21H,8-13H2,1H3. The van der Waals surface area contributed by atoms with E-state index in [1.807, 2.05) is 36.7 Å². The number of aromatic nitrogens is 2. The summed E-state index contributed by atoms with van der Waals surface area (Å²) in [6, 6.07) is 7.75. The quantitative estimate of drug-likeness (QED) is 0.834. The van der Waals surface area contributed by atoms with Crippen molar-refractivity contribution in [3.8, 4) is 5.75 Å². The SMILES string of the molecule is COc1ccc(COCC(O)CN2CCn3ccnc3C2)cc1. The Balaban J connectivity index is 1.39. The molecule has 1 N–H and O–H groups in total. The van der Waals surface area contributed by atoms with Crippen molar-refractivity contribution in [2.24, 2.45) is 0 Å². The third kappa shape index (κ3) is 4.31. The summed E-state index contributed by atoms with van der Waals surface area (Å²) < 4.78 is 12.9. The summed E-state index contributed by atoms with van der Waals surface area (Å²) in [5.74, 6) is 1.89. The molecule has 23 heavy (non-hydrogen) atoms. The normalized spacial score (nSPS) is 16.1. The predicted molar refractivity (Wildman–Crippen MR) is 86.2 cm³/mol. The average molecular weight is 317 g/mol. The minimum atomic E-state index is -0.491. The van der Waals surface area contributed by atoms with Crippen LogP contribution in [0.1, 0.15) is 11.4 Å². The van der Waals surface area contributed by atoms with Gasteiger partial charge in [-0.2, -0.15) is 0 Å². The fourth-order valence-corrected chi connectivity index (χ4v) is 2.76. The van der Waals surface area contributed by atoms with Crippen molar-refractivity contribution in [3.63, 3.8) is 0 Å². The van der Waals surface area contributed by atoms with Crippen LogP contribution in [0.2, 0.25) is 0 Å². The van der Waals surface area contributed by atoms with Gasteiger partial charge in [0.25, 0.3) is 0 Å². The van der Waals surface area contributed by atoms with E-state index in [1.54, 1.807) is 7.11 Å². The van der Waals surface area contributed by atoms with Crippen LogP contribution in [0.15, 0.2) is 36.7 Å². The first-order valence-electron chi connectivity index (χ1n) is 7.85. The Morgan fingerprint density at radius 2 is 2.09 bits per heavy atom. The molecule has 1 aromatic heterocycles. The highest BCUT2D eigenvalue weighted by molar-refractivity contribution is 5.26. The zero-order chi connectivity index (χ0) is 16.1. The van der Waals surface area contributed by atoms with E-state index in [0.29, 0.717) is 19.8 Å². The van der Waals surface area contributed by atoms with Crippen molar-refractivity contribution in [1.82, 2.24) is 14.5 Å². The lowest BCUT2D eigenvalue weighted by atomic mass is 10.2. The lowest BCUT2D eigenvalue weighted by Crippen LogP contribution is -2.40. The molecule has 0 amide bonds. The maximum absolute atomic E-state index is 10.1. The van der Waals surface area contributed by atoms with E-state index >= 15 is 0 Å². The Bertz CT molecular complexity index is 612. The van der Waals surface area contributed by atoms with Crippen LogP contribution in [0.5, 0.6) is 5.75 Å². The number of ether oxygens (including phenoxy) is 2. The number of fused-ring (bicyclic) bond motifs is 1. The molecule has 1 atom stereocenters. The molecule has 0 saturated carbocycles. The van der Waals surface area contributed by atoms with Crippen LogP contribution in [0.3, 0.4) is 0 Å². The molecule has 0 aliphatic carbocycles. The van der Waals surface area contributed by atoms with Crippen LogP contribution in [0.25, 0.3) is 0 Å². The first-order chi connectivity index (χ1) is 11.2. The molecule has 6 heteroatoms. The summed E-state index contributed by atoms with van der Waals surface area (Å²) in [6.07, 6.45) is 3.34. The number of hydrogen-bond acceptors (Lipinski definition) is 5. The Kier molecular flexibility index (Phi) is 5.27. The zero-order valence-corrected chi connectivity index (χ0v) is 13.4. The minimum Gasteiger partial charge on any atom is -0.497 e. The Labute approximate surface area is 136 Å². The third-order valence-corrected chi connectivity index (χ3v) is 4.03. The molecule has 0 spiro atoms. The van der Waals surface area contributed by atoms with Crippen molar-refractivity contribution in [3.05, 3.63) is 48.0 Å². The van der Waals surface area contributed by atoms with Crippen LogP contribution in [0, 0.1) is 0 Å². The minimum absolute atomic E-state index is 0.330. The van der Waals surface area contributed by atoms with Gasteiger partial charge in [0.2, 0.25) is 0 Å². The highest BCUT2D eigenvalue weighted by atomic mass is 16.5. The summed E-state index contributed by atoms with van der Waals surface area (Å²) >= 11 is 0. The predicted octanol–water partition coefficient (Wildman–Crippen LogP) is 1.28. The van der Waals surface area contributed by atoms with Gasteiger partial charge in [-0.1, -0.05) is 12.1 Å². The summed E-state index contributed by atoms with van der Waals surface area (Å²) in [7, 11) is 1.65. The fourth-order valence-electron chi connectivity index (χ4n) is 2.76. The molecule has 6 nitrogen and oxygen atoms in total. The largest absolute Gasteiger partial charge is 0.497 e. The number of rotatable bonds is 7. The maximum Gasteiger partial charge on any atom is 0.122 e. The number of nitrogens with zero attached hydrogens (tertiary/aromatic N) is 3. The Morgan fingerprint density at radius 1 is 1.26 bits per heavy atom. The van der Waals surface area contributed by atoms with Gasteiger partial charge in [-0.3, -0.25) is 4.90 Å². The second kappa shape index (κ2) is 7.59. The Hall–Kier alpha value is -1.89. The maximum atomic E-state index is 10.1. The van der Waals surface area contributed by atoms with Gasteiger partial charge in [-0.15, -0.1) is 0 Å². The summed E-state index contributed by atoms with van der Waals surface area (Å²) in [5.41, 5.74) is 1.07. The highest BCUT2D eigenvalue weighted by Crippen LogP contribution is 2.13. The summed E-state index contributed by atoms with van der Waals surface area (Å²) in [5, 5.41) is 10.1. The number of aliphatic hydroxyl groups is 1. The second-order valence-corrected chi connectivity index (χ2v) is 5.79. The second-order valence-electron chi connectivity index (χ2n) is 5.79. The van der Waals surface area contributed by atoms with Crippen molar-refractivity contribution in [2.45, 2.75) is 25.8 Å². The summed E-state index contributed by atoms with van der Waals surface area (Å²) in [6.45, 7) is 4.06. The molecular weight excluding hydrogens is 294 g/mol. The van der Waals surface area contributed by atoms with E-state index < -0.39 is 6.10 Å². The van der Waals surface area contributed by atoms with E-state index in [-0.39, 0.29) is 0 Å². The molecular formula is C17H23N3O3. The van der Waals surface area contributed by atoms with Gasteiger partial charge in [0.15, 0.2) is 0 Å². The van der Waals surface area contributed by atoms with Gasteiger partial charge in [-0.25, -0.2) is 4.98 Å². The lowest BCUT2D eigenvalue weighted by Gasteiger charge is -2.29. The number of β-amino-alcohol motifs (C(OH)–C–C–N with tert-alkyl or cyclic N) is 1. The molecule has 124 valence electrons. The van der Waals surface area contributed by atoms with Crippen LogP contribution in [-0.4, -0.2) is 52.5 Å². The first-order valence-corrected chi connectivity index (χ1v) is 7.85. The number of hydrogen-bond donors (Lipinski definition) is 1. The molecule has 2 heterocycles. The van der Waals surface area contributed by atoms with Crippen LogP contribution in [0.4, 0.5) is 0 Å². The molecule has 0 fully saturated rings. The van der Waals surface area contributed by atoms with Gasteiger partial charge in [-0.05, 0) is 17.7 Å². The number of benzene rings is 1.